The molecular formula is C18H14N2O6. The number of rotatable bonds is 5. The third kappa shape index (κ3) is 3.54. The highest BCUT2D eigenvalue weighted by atomic mass is 16.5. The molecule has 26 heavy (non-hydrogen) atoms. The lowest BCUT2D eigenvalue weighted by Crippen LogP contribution is -2.16. The van der Waals surface area contributed by atoms with E-state index in [0.717, 1.165) is 11.6 Å². The number of nitrogens with zero attached hydrogens (tertiary/aromatic N) is 1. The Bertz CT molecular complexity index is 1010. The summed E-state index contributed by atoms with van der Waals surface area (Å²) in [5.41, 5.74) is 1.60. The number of fused-ring (bicyclic) bond motifs is 1. The Morgan fingerprint density at radius 3 is 2.31 bits per heavy atom. The number of carboxylic acids is 2. The van der Waals surface area contributed by atoms with Crippen LogP contribution in [0.3, 0.4) is 0 Å². The highest BCUT2D eigenvalue weighted by Gasteiger charge is 2.15. The Morgan fingerprint density at radius 1 is 1.04 bits per heavy atom. The molecule has 0 radical (unpaired) electrons. The normalized spacial score (nSPS) is 10.7. The summed E-state index contributed by atoms with van der Waals surface area (Å²) in [5, 5.41) is 25.2. The molecule has 132 valence electrons. The molecular weight excluding hydrogens is 340 g/mol. The van der Waals surface area contributed by atoms with Crippen LogP contribution in [0.2, 0.25) is 0 Å². The summed E-state index contributed by atoms with van der Waals surface area (Å²) in [6.07, 6.45) is -0.101. The number of amides is 1. The van der Waals surface area contributed by atoms with Crippen LogP contribution in [0.4, 0.5) is 5.69 Å². The predicted molar refractivity (Wildman–Crippen MR) is 91.4 cm³/mol. The lowest BCUT2D eigenvalue weighted by molar-refractivity contribution is -0.115. The summed E-state index contributed by atoms with van der Waals surface area (Å²) in [7, 11) is 0. The third-order valence-corrected chi connectivity index (χ3v) is 3.74. The number of hydrogen-bond donors (Lipinski definition) is 3. The zero-order valence-corrected chi connectivity index (χ0v) is 13.6. The maximum Gasteiger partial charge on any atom is 0.335 e. The first-order valence-corrected chi connectivity index (χ1v) is 7.60. The van der Waals surface area contributed by atoms with E-state index in [4.69, 9.17) is 14.7 Å². The minimum atomic E-state index is -1.29. The number of carbonyl (C=O) groups is 3. The minimum absolute atomic E-state index is 0.0799. The Kier molecular flexibility index (Phi) is 4.40. The van der Waals surface area contributed by atoms with Crippen molar-refractivity contribution in [1.29, 1.82) is 0 Å². The van der Waals surface area contributed by atoms with Gasteiger partial charge in [0.15, 0.2) is 5.58 Å². The molecule has 0 unspecified atom stereocenters. The van der Waals surface area contributed by atoms with Crippen molar-refractivity contribution in [3.8, 4) is 0 Å². The Balaban J connectivity index is 1.84. The molecule has 3 aromatic rings. The van der Waals surface area contributed by atoms with Gasteiger partial charge in [0.2, 0.25) is 5.91 Å². The van der Waals surface area contributed by atoms with Gasteiger partial charge in [0.05, 0.1) is 17.5 Å². The highest BCUT2D eigenvalue weighted by Crippen LogP contribution is 2.21. The first-order valence-electron chi connectivity index (χ1n) is 7.60. The average molecular weight is 354 g/mol. The topological polar surface area (TPSA) is 130 Å². The van der Waals surface area contributed by atoms with Gasteiger partial charge < -0.3 is 20.1 Å². The van der Waals surface area contributed by atoms with Gasteiger partial charge in [0, 0.05) is 11.1 Å². The molecule has 3 rings (SSSR count). The zero-order valence-electron chi connectivity index (χ0n) is 13.6. The first-order chi connectivity index (χ1) is 12.3. The summed E-state index contributed by atoms with van der Waals surface area (Å²) >= 11 is 0. The van der Waals surface area contributed by atoms with Gasteiger partial charge in [-0.05, 0) is 37.3 Å². The molecule has 3 N–H and O–H groups in total. The molecule has 8 heteroatoms. The van der Waals surface area contributed by atoms with Crippen LogP contribution in [0.1, 0.15) is 32.0 Å². The van der Waals surface area contributed by atoms with Crippen LogP contribution in [0, 0.1) is 6.92 Å². The number of anilines is 1. The van der Waals surface area contributed by atoms with Gasteiger partial charge in [-0.25, -0.2) is 9.59 Å². The van der Waals surface area contributed by atoms with E-state index in [1.54, 1.807) is 6.07 Å². The second-order valence-corrected chi connectivity index (χ2v) is 5.76. The number of carboxylic acid groups (broad SMARTS) is 2. The Morgan fingerprint density at radius 2 is 1.69 bits per heavy atom. The van der Waals surface area contributed by atoms with Crippen LogP contribution in [-0.2, 0) is 11.2 Å². The summed E-state index contributed by atoms with van der Waals surface area (Å²) in [5.74, 6) is -3.05. The van der Waals surface area contributed by atoms with Crippen molar-refractivity contribution in [2.75, 3.05) is 5.32 Å². The van der Waals surface area contributed by atoms with Crippen molar-refractivity contribution in [1.82, 2.24) is 5.16 Å². The van der Waals surface area contributed by atoms with Crippen LogP contribution < -0.4 is 5.32 Å². The van der Waals surface area contributed by atoms with Gasteiger partial charge in [-0.15, -0.1) is 0 Å². The number of carbonyl (C=O) groups excluding carboxylic acids is 1. The summed E-state index contributed by atoms with van der Waals surface area (Å²) in [4.78, 5) is 34.5. The Hall–Kier alpha value is -3.68. The monoisotopic (exact) mass is 354 g/mol. The summed E-state index contributed by atoms with van der Waals surface area (Å²) in [6, 6.07) is 8.88. The van der Waals surface area contributed by atoms with Crippen molar-refractivity contribution in [2.45, 2.75) is 13.3 Å². The maximum atomic E-state index is 12.3. The molecule has 1 heterocycles. The van der Waals surface area contributed by atoms with Crippen LogP contribution in [0.25, 0.3) is 11.0 Å². The van der Waals surface area contributed by atoms with Gasteiger partial charge in [-0.1, -0.05) is 16.8 Å². The van der Waals surface area contributed by atoms with E-state index in [1.807, 2.05) is 19.1 Å². The molecule has 1 amide bonds. The van der Waals surface area contributed by atoms with Crippen molar-refractivity contribution in [3.63, 3.8) is 0 Å². The second kappa shape index (κ2) is 6.67. The second-order valence-electron chi connectivity index (χ2n) is 5.76. The number of aryl methyl sites for hydroxylation is 1. The molecule has 0 bridgehead atoms. The van der Waals surface area contributed by atoms with E-state index in [1.165, 1.54) is 12.1 Å². The largest absolute Gasteiger partial charge is 0.478 e. The minimum Gasteiger partial charge on any atom is -0.478 e. The number of nitrogens with one attached hydrogen (secondary N) is 1. The van der Waals surface area contributed by atoms with E-state index in [2.05, 4.69) is 10.5 Å². The quantitative estimate of drug-likeness (QED) is 0.642. The lowest BCUT2D eigenvalue weighted by atomic mass is 10.1. The number of aromatic carboxylic acids is 2. The lowest BCUT2D eigenvalue weighted by Gasteiger charge is -2.07. The molecule has 0 aliphatic rings. The smallest absolute Gasteiger partial charge is 0.335 e. The Labute approximate surface area is 147 Å². The molecule has 0 spiro atoms. The van der Waals surface area contributed by atoms with Gasteiger partial charge in [0.1, 0.15) is 5.69 Å². The molecule has 1 aromatic heterocycles. The van der Waals surface area contributed by atoms with E-state index >= 15 is 0 Å². The van der Waals surface area contributed by atoms with E-state index in [-0.39, 0.29) is 23.2 Å². The van der Waals surface area contributed by atoms with E-state index in [9.17, 15) is 14.4 Å². The van der Waals surface area contributed by atoms with Gasteiger partial charge in [-0.3, -0.25) is 4.79 Å². The number of hydrogen-bond acceptors (Lipinski definition) is 5. The third-order valence-electron chi connectivity index (χ3n) is 3.74. The average Bonchev–Trinajstić information content (AvgIpc) is 2.96. The number of benzene rings is 2. The molecule has 0 saturated carbocycles. The molecule has 0 saturated heterocycles. The number of aromatic nitrogens is 1. The van der Waals surface area contributed by atoms with Gasteiger partial charge in [0.25, 0.3) is 0 Å². The van der Waals surface area contributed by atoms with Crippen molar-refractivity contribution in [2.24, 2.45) is 0 Å². The summed E-state index contributed by atoms with van der Waals surface area (Å²) in [6.45, 7) is 1.90. The fourth-order valence-electron chi connectivity index (χ4n) is 2.53. The standard InChI is InChI=1S/C18H14N2O6/c1-9-2-3-15-13(4-9)14(20-26-15)8-16(21)19-12-6-10(17(22)23)5-11(7-12)18(24)25/h2-7H,8H2,1H3,(H,19,21)(H,22,23)(H,24,25). The van der Waals surface area contributed by atoms with Crippen LogP contribution in [0.15, 0.2) is 40.9 Å². The predicted octanol–water partition coefficient (Wildman–Crippen LogP) is 2.71. The van der Waals surface area contributed by atoms with Crippen LogP contribution in [0.5, 0.6) is 0 Å². The molecule has 8 nitrogen and oxygen atoms in total. The van der Waals surface area contributed by atoms with Crippen molar-refractivity contribution < 1.29 is 29.1 Å². The van der Waals surface area contributed by atoms with E-state index < -0.39 is 17.8 Å². The fraction of sp³-hybridized carbons (Fsp3) is 0.111. The molecule has 0 atom stereocenters. The van der Waals surface area contributed by atoms with Crippen molar-refractivity contribution in [3.05, 3.63) is 58.8 Å². The molecule has 0 aliphatic heterocycles. The molecule has 0 aliphatic carbocycles. The van der Waals surface area contributed by atoms with Crippen LogP contribution in [-0.4, -0.2) is 33.2 Å². The van der Waals surface area contributed by atoms with Gasteiger partial charge >= 0.3 is 11.9 Å². The van der Waals surface area contributed by atoms with Crippen molar-refractivity contribution >= 4 is 34.5 Å². The molecule has 0 fully saturated rings. The van der Waals surface area contributed by atoms with Gasteiger partial charge in [-0.2, -0.15) is 0 Å². The fourth-order valence-corrected chi connectivity index (χ4v) is 2.53. The zero-order chi connectivity index (χ0) is 18.8. The first kappa shape index (κ1) is 17.2. The SMILES string of the molecule is Cc1ccc2onc(CC(=O)Nc3cc(C(=O)O)cc(C(=O)O)c3)c2c1. The maximum absolute atomic E-state index is 12.3. The van der Waals surface area contributed by atoms with Crippen LogP contribution >= 0.6 is 0 Å². The molecule has 2 aromatic carbocycles. The summed E-state index contributed by atoms with van der Waals surface area (Å²) < 4.78 is 5.17. The highest BCUT2D eigenvalue weighted by molar-refractivity contribution is 5.99. The van der Waals surface area contributed by atoms with E-state index in [0.29, 0.717) is 16.7 Å².